The number of anilines is 1. The number of nitrogens with one attached hydrogen (secondary N) is 3. The first-order chi connectivity index (χ1) is 12.6. The van der Waals surface area contributed by atoms with Crippen molar-refractivity contribution in [1.29, 1.82) is 0 Å². The molecule has 26 heavy (non-hydrogen) atoms. The Morgan fingerprint density at radius 2 is 2.00 bits per heavy atom. The summed E-state index contributed by atoms with van der Waals surface area (Å²) in [4.78, 5) is 16.8. The van der Waals surface area contributed by atoms with Gasteiger partial charge in [-0.1, -0.05) is 25.1 Å². The molecule has 1 heterocycles. The average molecular weight is 375 g/mol. The van der Waals surface area contributed by atoms with Gasteiger partial charge in [0.05, 0.1) is 7.11 Å². The molecule has 140 valence electrons. The van der Waals surface area contributed by atoms with Crippen molar-refractivity contribution >= 4 is 29.1 Å². The number of nitrogens with zero attached hydrogens (tertiary/aromatic N) is 1. The van der Waals surface area contributed by atoms with Crippen molar-refractivity contribution in [2.45, 2.75) is 19.9 Å². The van der Waals surface area contributed by atoms with Crippen LogP contribution in [0.1, 0.15) is 17.4 Å². The molecule has 7 heteroatoms. The minimum Gasteiger partial charge on any atom is -0.453 e. The molecule has 0 aliphatic rings. The summed E-state index contributed by atoms with van der Waals surface area (Å²) >= 11 is 1.80. The zero-order valence-corrected chi connectivity index (χ0v) is 16.2. The summed E-state index contributed by atoms with van der Waals surface area (Å²) < 4.78 is 4.57. The maximum absolute atomic E-state index is 11.2. The van der Waals surface area contributed by atoms with Gasteiger partial charge in [0.1, 0.15) is 0 Å². The molecule has 2 aromatic rings. The lowest BCUT2D eigenvalue weighted by molar-refractivity contribution is 0.187. The Labute approximate surface area is 158 Å². The molecule has 0 aliphatic carbocycles. The van der Waals surface area contributed by atoms with E-state index in [4.69, 9.17) is 0 Å². The standard InChI is InChI=1S/C19H26N4O2S/c1-14(11-17-5-4-10-26-17)12-21-18(20-2)22-13-15-6-8-16(9-7-15)23-19(24)25-3/h4-10,14H,11-13H2,1-3H3,(H,23,24)(H2,20,21,22). The molecule has 1 aromatic heterocycles. The smallest absolute Gasteiger partial charge is 0.411 e. The predicted molar refractivity (Wildman–Crippen MR) is 108 cm³/mol. The van der Waals surface area contributed by atoms with Gasteiger partial charge in [-0.25, -0.2) is 4.79 Å². The first-order valence-electron chi connectivity index (χ1n) is 8.51. The lowest BCUT2D eigenvalue weighted by Crippen LogP contribution is -2.39. The quantitative estimate of drug-likeness (QED) is 0.512. The fourth-order valence-corrected chi connectivity index (χ4v) is 3.27. The van der Waals surface area contributed by atoms with E-state index in [9.17, 15) is 4.79 Å². The third kappa shape index (κ3) is 6.76. The van der Waals surface area contributed by atoms with Crippen LogP contribution in [0.25, 0.3) is 0 Å². The number of carbonyl (C=O) groups is 1. The summed E-state index contributed by atoms with van der Waals surface area (Å²) in [5.74, 6) is 1.30. The highest BCUT2D eigenvalue weighted by Crippen LogP contribution is 2.14. The SMILES string of the molecule is CN=C(NCc1ccc(NC(=O)OC)cc1)NCC(C)Cc1cccs1. The van der Waals surface area contributed by atoms with Gasteiger partial charge in [0.15, 0.2) is 5.96 Å². The summed E-state index contributed by atoms with van der Waals surface area (Å²) in [5, 5.41) is 11.4. The molecule has 6 nitrogen and oxygen atoms in total. The Bertz CT molecular complexity index is 699. The fourth-order valence-electron chi connectivity index (χ4n) is 2.40. The average Bonchev–Trinajstić information content (AvgIpc) is 3.16. The van der Waals surface area contributed by atoms with Gasteiger partial charge in [0.25, 0.3) is 0 Å². The van der Waals surface area contributed by atoms with Gasteiger partial charge in [0, 0.05) is 30.7 Å². The van der Waals surface area contributed by atoms with Crippen LogP contribution in [0, 0.1) is 5.92 Å². The maximum Gasteiger partial charge on any atom is 0.411 e. The van der Waals surface area contributed by atoms with Crippen molar-refractivity contribution < 1.29 is 9.53 Å². The molecule has 1 aromatic carbocycles. The number of amides is 1. The minimum absolute atomic E-state index is 0.475. The van der Waals surface area contributed by atoms with Crippen molar-refractivity contribution in [2.24, 2.45) is 10.9 Å². The van der Waals surface area contributed by atoms with Crippen LogP contribution in [0.4, 0.5) is 10.5 Å². The van der Waals surface area contributed by atoms with E-state index in [2.05, 4.69) is 50.1 Å². The van der Waals surface area contributed by atoms with Crippen LogP contribution in [-0.4, -0.2) is 32.8 Å². The molecule has 0 fully saturated rings. The van der Waals surface area contributed by atoms with Gasteiger partial charge < -0.3 is 15.4 Å². The van der Waals surface area contributed by atoms with E-state index in [0.29, 0.717) is 18.2 Å². The van der Waals surface area contributed by atoms with Gasteiger partial charge in [-0.15, -0.1) is 11.3 Å². The molecule has 1 unspecified atom stereocenters. The molecule has 1 atom stereocenters. The summed E-state index contributed by atoms with van der Waals surface area (Å²) in [6.45, 7) is 3.74. The Hall–Kier alpha value is -2.54. The monoisotopic (exact) mass is 374 g/mol. The van der Waals surface area contributed by atoms with Crippen molar-refractivity contribution in [3.05, 3.63) is 52.2 Å². The van der Waals surface area contributed by atoms with Gasteiger partial charge in [-0.2, -0.15) is 0 Å². The number of ether oxygens (including phenoxy) is 1. The molecular weight excluding hydrogens is 348 g/mol. The lowest BCUT2D eigenvalue weighted by Gasteiger charge is -2.16. The van der Waals surface area contributed by atoms with E-state index < -0.39 is 6.09 Å². The number of thiophene rings is 1. The summed E-state index contributed by atoms with van der Waals surface area (Å²) in [6, 6.07) is 11.8. The topological polar surface area (TPSA) is 74.8 Å². The second-order valence-electron chi connectivity index (χ2n) is 6.01. The molecule has 0 saturated carbocycles. The minimum atomic E-state index is -0.475. The van der Waals surface area contributed by atoms with Gasteiger partial charge in [-0.3, -0.25) is 10.3 Å². The Kier molecular flexibility index (Phi) is 7.95. The number of guanidine groups is 1. The van der Waals surface area contributed by atoms with Crippen molar-refractivity contribution in [2.75, 3.05) is 26.0 Å². The largest absolute Gasteiger partial charge is 0.453 e. The molecule has 0 aliphatic heterocycles. The van der Waals surface area contributed by atoms with E-state index >= 15 is 0 Å². The van der Waals surface area contributed by atoms with E-state index in [0.717, 1.165) is 24.5 Å². The van der Waals surface area contributed by atoms with Crippen LogP contribution in [0.3, 0.4) is 0 Å². The maximum atomic E-state index is 11.2. The number of aliphatic imine (C=N–C) groups is 1. The van der Waals surface area contributed by atoms with Crippen molar-refractivity contribution in [3.63, 3.8) is 0 Å². The highest BCUT2D eigenvalue weighted by molar-refractivity contribution is 7.09. The van der Waals surface area contributed by atoms with Crippen LogP contribution < -0.4 is 16.0 Å². The predicted octanol–water partition coefficient (Wildman–Crippen LogP) is 3.47. The van der Waals surface area contributed by atoms with Crippen LogP contribution in [0.15, 0.2) is 46.8 Å². The summed E-state index contributed by atoms with van der Waals surface area (Å²) in [7, 11) is 3.11. The fraction of sp³-hybridized carbons (Fsp3) is 0.368. The number of methoxy groups -OCH3 is 1. The highest BCUT2D eigenvalue weighted by atomic mass is 32.1. The van der Waals surface area contributed by atoms with E-state index in [-0.39, 0.29) is 0 Å². The first-order valence-corrected chi connectivity index (χ1v) is 9.39. The number of carbonyl (C=O) groups excluding carboxylic acids is 1. The molecule has 2 rings (SSSR count). The Balaban J connectivity index is 1.75. The number of hydrogen-bond donors (Lipinski definition) is 3. The van der Waals surface area contributed by atoms with Crippen LogP contribution in [0.2, 0.25) is 0 Å². The molecular formula is C19H26N4O2S. The molecule has 3 N–H and O–H groups in total. The molecule has 0 saturated heterocycles. The van der Waals surface area contributed by atoms with Gasteiger partial charge in [0.2, 0.25) is 0 Å². The zero-order valence-electron chi connectivity index (χ0n) is 15.4. The van der Waals surface area contributed by atoms with Crippen molar-refractivity contribution in [3.8, 4) is 0 Å². The Morgan fingerprint density at radius 1 is 1.23 bits per heavy atom. The van der Waals surface area contributed by atoms with Crippen LogP contribution in [-0.2, 0) is 17.7 Å². The molecule has 0 radical (unpaired) electrons. The lowest BCUT2D eigenvalue weighted by atomic mass is 10.1. The third-order valence-corrected chi connectivity index (χ3v) is 4.72. The summed E-state index contributed by atoms with van der Waals surface area (Å²) in [5.41, 5.74) is 1.79. The van der Waals surface area contributed by atoms with Crippen LogP contribution in [0.5, 0.6) is 0 Å². The molecule has 1 amide bonds. The number of rotatable bonds is 7. The molecule has 0 bridgehead atoms. The summed E-state index contributed by atoms with van der Waals surface area (Å²) in [6.07, 6.45) is 0.591. The number of benzene rings is 1. The zero-order chi connectivity index (χ0) is 18.8. The second-order valence-corrected chi connectivity index (χ2v) is 7.04. The Morgan fingerprint density at radius 3 is 2.62 bits per heavy atom. The highest BCUT2D eigenvalue weighted by Gasteiger charge is 2.06. The van der Waals surface area contributed by atoms with Gasteiger partial charge >= 0.3 is 6.09 Å². The van der Waals surface area contributed by atoms with Crippen molar-refractivity contribution in [1.82, 2.24) is 10.6 Å². The number of hydrogen-bond acceptors (Lipinski definition) is 4. The van der Waals surface area contributed by atoms with E-state index in [1.165, 1.54) is 12.0 Å². The van der Waals surface area contributed by atoms with E-state index in [1.807, 2.05) is 24.3 Å². The third-order valence-electron chi connectivity index (χ3n) is 3.82. The first kappa shape index (κ1) is 19.8. The van der Waals surface area contributed by atoms with Gasteiger partial charge in [-0.05, 0) is 41.5 Å². The van der Waals surface area contributed by atoms with Crippen LogP contribution >= 0.6 is 11.3 Å². The second kappa shape index (κ2) is 10.5. The molecule has 0 spiro atoms. The normalized spacial score (nSPS) is 12.3. The van der Waals surface area contributed by atoms with E-state index in [1.54, 1.807) is 18.4 Å².